The number of likely N-dealkylation sites (N-methyl/N-ethyl adjacent to an activating group) is 1. The summed E-state index contributed by atoms with van der Waals surface area (Å²) in [5, 5.41) is 45.2. The van der Waals surface area contributed by atoms with E-state index in [1.54, 1.807) is 45.0 Å². The van der Waals surface area contributed by atoms with Crippen molar-refractivity contribution in [1.29, 1.82) is 0 Å². The quantitative estimate of drug-likeness (QED) is 0.113. The first-order valence-corrected chi connectivity index (χ1v) is 23.2. The molecule has 2 saturated heterocycles. The Hall–Kier alpha value is -1.86. The lowest BCUT2D eigenvalue weighted by Crippen LogP contribution is -2.63. The number of ether oxygens (including phenoxy) is 7. The molecule has 3 heterocycles. The lowest BCUT2D eigenvalue weighted by atomic mass is 9.79. The summed E-state index contributed by atoms with van der Waals surface area (Å²) >= 11 is 0. The second-order valence-electron chi connectivity index (χ2n) is 18.5. The minimum atomic E-state index is -1.23. The molecule has 15 nitrogen and oxygen atoms in total. The van der Waals surface area contributed by atoms with Gasteiger partial charge in [0.25, 0.3) is 0 Å². The first-order chi connectivity index (χ1) is 29.4. The van der Waals surface area contributed by atoms with Gasteiger partial charge in [0.2, 0.25) is 0 Å². The Balaban J connectivity index is 2.00. The largest absolute Gasteiger partial charge is 0.462 e. The highest BCUT2D eigenvalue weighted by molar-refractivity contribution is 5.91. The van der Waals surface area contributed by atoms with Crippen molar-refractivity contribution in [3.8, 4) is 0 Å². The van der Waals surface area contributed by atoms with Gasteiger partial charge in [0.1, 0.15) is 30.5 Å². The van der Waals surface area contributed by atoms with E-state index in [9.17, 15) is 30.0 Å². The molecular formula is C47H84N2O13. The second-order valence-corrected chi connectivity index (χ2v) is 18.5. The van der Waals surface area contributed by atoms with Gasteiger partial charge in [0.05, 0.1) is 49.6 Å². The van der Waals surface area contributed by atoms with Crippen molar-refractivity contribution in [2.75, 3.05) is 55.1 Å². The van der Waals surface area contributed by atoms with Gasteiger partial charge in [-0.1, -0.05) is 71.1 Å². The number of esters is 1. The maximum atomic E-state index is 13.9. The summed E-state index contributed by atoms with van der Waals surface area (Å²) in [5.41, 5.74) is 0.759. The predicted molar refractivity (Wildman–Crippen MR) is 236 cm³/mol. The van der Waals surface area contributed by atoms with Gasteiger partial charge in [-0.3, -0.25) is 9.59 Å². The highest BCUT2D eigenvalue weighted by atomic mass is 16.7. The molecule has 10 unspecified atom stereocenters. The zero-order chi connectivity index (χ0) is 46.3. The van der Waals surface area contributed by atoms with Gasteiger partial charge in [-0.25, -0.2) is 0 Å². The van der Waals surface area contributed by atoms with Crippen molar-refractivity contribution in [3.63, 3.8) is 0 Å². The Kier molecular flexibility index (Phi) is 23.7. The summed E-state index contributed by atoms with van der Waals surface area (Å²) in [6.45, 7) is 14.8. The van der Waals surface area contributed by atoms with E-state index in [0.717, 1.165) is 25.0 Å². The fourth-order valence-electron chi connectivity index (χ4n) is 9.17. The lowest BCUT2D eigenvalue weighted by Gasteiger charge is -2.46. The number of aliphatic hydroxyl groups excluding tert-OH is 4. The van der Waals surface area contributed by atoms with Crippen molar-refractivity contribution in [3.05, 3.63) is 23.8 Å². The third kappa shape index (κ3) is 15.6. The smallest absolute Gasteiger partial charge is 0.308 e. The Morgan fingerprint density at radius 3 is 2.06 bits per heavy atom. The van der Waals surface area contributed by atoms with Crippen LogP contribution in [0.5, 0.6) is 0 Å². The number of ketones is 1. The number of methoxy groups -OCH3 is 2. The van der Waals surface area contributed by atoms with Crippen molar-refractivity contribution in [2.24, 2.45) is 23.7 Å². The van der Waals surface area contributed by atoms with Crippen LogP contribution >= 0.6 is 0 Å². The van der Waals surface area contributed by atoms with Gasteiger partial charge in [0, 0.05) is 32.0 Å². The molecule has 360 valence electrons. The highest BCUT2D eigenvalue weighted by Crippen LogP contribution is 2.35. The Morgan fingerprint density at radius 2 is 1.44 bits per heavy atom. The molecule has 0 aliphatic carbocycles. The van der Waals surface area contributed by atoms with E-state index in [1.165, 1.54) is 33.5 Å². The minimum absolute atomic E-state index is 0.0413. The zero-order valence-corrected chi connectivity index (χ0v) is 39.9. The highest BCUT2D eigenvalue weighted by Gasteiger charge is 2.48. The van der Waals surface area contributed by atoms with Crippen molar-refractivity contribution >= 4 is 11.8 Å². The molecule has 3 rings (SSSR count). The van der Waals surface area contributed by atoms with E-state index < -0.39 is 103 Å². The fourth-order valence-corrected chi connectivity index (χ4v) is 9.17. The third-order valence-corrected chi connectivity index (χ3v) is 13.2. The SMILES string of the molecule is CCCCCCCN(C)CC[C@H]1C[C@@H](C)C(=O)C=CC(C)=C[C@H](COC2OC(C)C(O)C(OC)C2OC)[C@@H](CC)OC(=O)C[C@@H](O)[C@H](C)[C@H]1OC1OC(C)C(O)C(N(C)C)C1O. The van der Waals surface area contributed by atoms with Gasteiger partial charge >= 0.3 is 5.97 Å². The molecule has 0 bridgehead atoms. The number of nitrogens with zero attached hydrogens (tertiary/aromatic N) is 2. The average Bonchev–Trinajstić information content (AvgIpc) is 3.22. The zero-order valence-electron chi connectivity index (χ0n) is 39.9. The van der Waals surface area contributed by atoms with Crippen LogP contribution in [0.3, 0.4) is 0 Å². The number of carbonyl (C=O) groups excluding carboxylic acids is 2. The van der Waals surface area contributed by atoms with Crippen LogP contribution in [-0.2, 0) is 42.7 Å². The van der Waals surface area contributed by atoms with E-state index in [4.69, 9.17) is 33.2 Å². The third-order valence-electron chi connectivity index (χ3n) is 13.2. The predicted octanol–water partition coefficient (Wildman–Crippen LogP) is 4.27. The number of hydrogen-bond donors (Lipinski definition) is 4. The number of aliphatic hydroxyl groups is 4. The van der Waals surface area contributed by atoms with Gasteiger partial charge in [0.15, 0.2) is 18.4 Å². The number of allylic oxidation sites excluding steroid dienone is 3. The maximum Gasteiger partial charge on any atom is 0.308 e. The molecule has 0 radical (unpaired) electrons. The molecule has 2 fully saturated rings. The van der Waals surface area contributed by atoms with Crippen molar-refractivity contribution < 1.29 is 63.2 Å². The van der Waals surface area contributed by atoms with Crippen LogP contribution in [0.2, 0.25) is 0 Å². The Labute approximate surface area is 372 Å². The molecule has 0 aromatic rings. The first-order valence-electron chi connectivity index (χ1n) is 23.2. The Morgan fingerprint density at radius 1 is 0.790 bits per heavy atom. The average molecular weight is 885 g/mol. The molecule has 62 heavy (non-hydrogen) atoms. The number of cyclic esters (lactones) is 1. The van der Waals surface area contributed by atoms with Crippen LogP contribution in [0.25, 0.3) is 0 Å². The van der Waals surface area contributed by atoms with E-state index in [2.05, 4.69) is 18.9 Å². The number of unbranched alkanes of at least 4 members (excludes halogenated alkanes) is 4. The topological polar surface area (TPSA) is 186 Å². The second kappa shape index (κ2) is 26.9. The minimum Gasteiger partial charge on any atom is -0.462 e. The van der Waals surface area contributed by atoms with Crippen molar-refractivity contribution in [1.82, 2.24) is 9.80 Å². The number of rotatable bonds is 18. The molecule has 4 N–H and O–H groups in total. The van der Waals surface area contributed by atoms with Gasteiger partial charge < -0.3 is 63.4 Å². The molecule has 3 aliphatic heterocycles. The normalized spacial score (nSPS) is 38.4. The van der Waals surface area contributed by atoms with Gasteiger partial charge in [-0.05, 0) is 92.7 Å². The molecule has 0 amide bonds. The molecule has 0 aromatic heterocycles. The molecule has 0 aromatic carbocycles. The number of carbonyl (C=O) groups is 2. The summed E-state index contributed by atoms with van der Waals surface area (Å²) in [4.78, 5) is 31.8. The van der Waals surface area contributed by atoms with E-state index in [0.29, 0.717) is 25.8 Å². The maximum absolute atomic E-state index is 13.9. The van der Waals surface area contributed by atoms with Crippen LogP contribution in [0, 0.1) is 23.7 Å². The molecule has 3 aliphatic rings. The summed E-state index contributed by atoms with van der Waals surface area (Å²) in [6.07, 6.45) is 1.62. The van der Waals surface area contributed by atoms with Gasteiger partial charge in [-0.2, -0.15) is 0 Å². The fraction of sp³-hybridized carbons (Fsp3) is 0.872. The first kappa shape index (κ1) is 54.5. The van der Waals surface area contributed by atoms with Crippen LogP contribution in [-0.4, -0.2) is 177 Å². The van der Waals surface area contributed by atoms with E-state index in [-0.39, 0.29) is 24.7 Å². The molecule has 0 saturated carbocycles. The van der Waals surface area contributed by atoms with Crippen LogP contribution in [0.4, 0.5) is 0 Å². The van der Waals surface area contributed by atoms with E-state index in [1.807, 2.05) is 33.8 Å². The summed E-state index contributed by atoms with van der Waals surface area (Å²) < 4.78 is 42.6. The lowest BCUT2D eigenvalue weighted by molar-refractivity contribution is -0.304. The van der Waals surface area contributed by atoms with Crippen molar-refractivity contribution in [2.45, 2.75) is 186 Å². The van der Waals surface area contributed by atoms with Crippen LogP contribution in [0.1, 0.15) is 106 Å². The molecule has 17 atom stereocenters. The molecular weight excluding hydrogens is 801 g/mol. The monoisotopic (exact) mass is 885 g/mol. The van der Waals surface area contributed by atoms with Crippen LogP contribution in [0.15, 0.2) is 23.8 Å². The standard InChI is InChI=1S/C47H84N2O13/c1-13-15-16-17-18-22-49(10)23-21-33-25-29(4)35(50)20-19-28(3)24-34(27-58-47-45(57-12)44(56-11)41(54)32(7)60-47)37(14-2)61-38(52)26-36(51)30(5)43(33)62-46-42(55)39(48(8)9)40(53)31(6)59-46/h19-20,24,29-34,36-37,39-47,51,53-55H,13-18,21-23,25-27H2,1-12H3/t29-,30+,31?,32?,33+,34-,36-,37-,39?,40?,41?,42?,43-,44?,45?,46?,47?/m1/s1. The number of hydrogen-bond acceptors (Lipinski definition) is 15. The summed E-state index contributed by atoms with van der Waals surface area (Å²) in [5.74, 6) is -2.58. The molecule has 15 heteroatoms. The molecule has 0 spiro atoms. The Bertz CT molecular complexity index is 1380. The van der Waals surface area contributed by atoms with Gasteiger partial charge in [-0.15, -0.1) is 0 Å². The van der Waals surface area contributed by atoms with E-state index >= 15 is 0 Å². The summed E-state index contributed by atoms with van der Waals surface area (Å²) in [6, 6.07) is -0.686. The van der Waals surface area contributed by atoms with Crippen LogP contribution < -0.4 is 0 Å². The summed E-state index contributed by atoms with van der Waals surface area (Å²) in [7, 11) is 8.62.